The van der Waals surface area contributed by atoms with Crippen LogP contribution in [0.3, 0.4) is 0 Å². The second-order valence-electron chi connectivity index (χ2n) is 6.84. The molecule has 0 bridgehead atoms. The van der Waals surface area contributed by atoms with Crippen LogP contribution in [0.5, 0.6) is 0 Å². The second kappa shape index (κ2) is 8.28. The van der Waals surface area contributed by atoms with E-state index in [0.29, 0.717) is 22.8 Å². The van der Waals surface area contributed by atoms with Crippen LogP contribution in [-0.4, -0.2) is 24.1 Å². The van der Waals surface area contributed by atoms with E-state index in [-0.39, 0.29) is 17.5 Å². The number of hydrogen-bond acceptors (Lipinski definition) is 5. The number of benzene rings is 1. The maximum Gasteiger partial charge on any atom is 0.263 e. The number of nitrogens with zero attached hydrogens (tertiary/aromatic N) is 5. The molecule has 0 fully saturated rings. The summed E-state index contributed by atoms with van der Waals surface area (Å²) in [6.07, 6.45) is 9.22. The van der Waals surface area contributed by atoms with Crippen molar-refractivity contribution >= 4 is 5.95 Å². The fraction of sp³-hybridized carbons (Fsp3) is 0.182. The molecule has 0 aliphatic heterocycles. The molecule has 0 aliphatic rings. The molecule has 1 unspecified atom stereocenters. The summed E-state index contributed by atoms with van der Waals surface area (Å²) in [7, 11) is 1.67. The normalized spacial score (nSPS) is 12.0. The molecule has 0 saturated heterocycles. The Morgan fingerprint density at radius 2 is 1.77 bits per heavy atom. The third kappa shape index (κ3) is 3.71. The molecule has 0 spiro atoms. The lowest BCUT2D eigenvalue weighted by Crippen LogP contribution is -2.27. The van der Waals surface area contributed by atoms with Crippen molar-refractivity contribution in [1.29, 1.82) is 0 Å². The van der Waals surface area contributed by atoms with Gasteiger partial charge in [0, 0.05) is 37.4 Å². The number of hydrogen-bond donors (Lipinski definition) is 1. The van der Waals surface area contributed by atoms with E-state index < -0.39 is 0 Å². The van der Waals surface area contributed by atoms with Crippen molar-refractivity contribution in [3.8, 4) is 22.4 Å². The third-order valence-electron chi connectivity index (χ3n) is 4.94. The molecular weight excluding hydrogens is 383 g/mol. The zero-order valence-corrected chi connectivity index (χ0v) is 16.7. The highest BCUT2D eigenvalue weighted by molar-refractivity contribution is 5.80. The highest BCUT2D eigenvalue weighted by Crippen LogP contribution is 2.29. The monoisotopic (exact) mass is 404 g/mol. The fourth-order valence-electron chi connectivity index (χ4n) is 3.32. The predicted molar refractivity (Wildman–Crippen MR) is 113 cm³/mol. The topological polar surface area (TPSA) is 77.6 Å². The van der Waals surface area contributed by atoms with Gasteiger partial charge >= 0.3 is 0 Å². The van der Waals surface area contributed by atoms with E-state index in [9.17, 15) is 9.18 Å². The third-order valence-corrected chi connectivity index (χ3v) is 4.94. The van der Waals surface area contributed by atoms with Crippen molar-refractivity contribution in [2.45, 2.75) is 19.5 Å². The smallest absolute Gasteiger partial charge is 0.263 e. The Bertz CT molecular complexity index is 1190. The minimum Gasteiger partial charge on any atom is -0.335 e. The van der Waals surface area contributed by atoms with Crippen molar-refractivity contribution < 1.29 is 4.39 Å². The van der Waals surface area contributed by atoms with E-state index in [1.807, 2.05) is 17.7 Å². The van der Waals surface area contributed by atoms with Gasteiger partial charge in [-0.1, -0.05) is 19.1 Å². The first kappa shape index (κ1) is 19.5. The Morgan fingerprint density at radius 3 is 2.40 bits per heavy atom. The van der Waals surface area contributed by atoms with Gasteiger partial charge in [0.1, 0.15) is 12.0 Å². The first-order chi connectivity index (χ1) is 14.6. The maximum atomic E-state index is 13.5. The van der Waals surface area contributed by atoms with Gasteiger partial charge in [-0.15, -0.1) is 0 Å². The lowest BCUT2D eigenvalue weighted by molar-refractivity contribution is 0.535. The quantitative estimate of drug-likeness (QED) is 0.528. The summed E-state index contributed by atoms with van der Waals surface area (Å²) in [5.41, 5.74) is 2.04. The number of nitrogens with one attached hydrogen (secondary N) is 1. The van der Waals surface area contributed by atoms with Crippen LogP contribution >= 0.6 is 0 Å². The summed E-state index contributed by atoms with van der Waals surface area (Å²) in [5, 5.41) is 3.34. The van der Waals surface area contributed by atoms with Crippen LogP contribution in [-0.2, 0) is 7.05 Å². The van der Waals surface area contributed by atoms with Crippen molar-refractivity contribution in [2.24, 2.45) is 7.05 Å². The molecule has 0 aliphatic carbocycles. The number of imidazole rings is 1. The number of anilines is 1. The Hall–Kier alpha value is -3.81. The van der Waals surface area contributed by atoms with Gasteiger partial charge < -0.3 is 9.88 Å². The van der Waals surface area contributed by atoms with Gasteiger partial charge in [0.2, 0.25) is 5.95 Å². The Morgan fingerprint density at radius 1 is 1.03 bits per heavy atom. The molecule has 30 heavy (non-hydrogen) atoms. The summed E-state index contributed by atoms with van der Waals surface area (Å²) < 4.78 is 16.9. The standard InChI is InChI=1S/C22H21FN6O/c1-3-18(29-13-12-25-14-29)26-22-27-20(16-8-10-24-11-9-16)19(21(30)28(22)2)15-4-6-17(23)7-5-15/h4-14,18H,3H2,1-2H3,(H,26,27). The van der Waals surface area contributed by atoms with Crippen LogP contribution in [0.2, 0.25) is 0 Å². The zero-order valence-electron chi connectivity index (χ0n) is 16.7. The lowest BCUT2D eigenvalue weighted by atomic mass is 10.0. The summed E-state index contributed by atoms with van der Waals surface area (Å²) >= 11 is 0. The molecule has 0 amide bonds. The van der Waals surface area contributed by atoms with Crippen LogP contribution in [0.4, 0.5) is 10.3 Å². The lowest BCUT2D eigenvalue weighted by Gasteiger charge is -2.22. The van der Waals surface area contributed by atoms with Crippen molar-refractivity contribution in [3.63, 3.8) is 0 Å². The maximum absolute atomic E-state index is 13.5. The van der Waals surface area contributed by atoms with E-state index >= 15 is 0 Å². The first-order valence-corrected chi connectivity index (χ1v) is 9.59. The molecule has 152 valence electrons. The Labute approximate surface area is 172 Å². The molecule has 0 saturated carbocycles. The van der Waals surface area contributed by atoms with Crippen LogP contribution in [0, 0.1) is 5.82 Å². The Balaban J connectivity index is 1.89. The average molecular weight is 404 g/mol. The van der Waals surface area contributed by atoms with Gasteiger partial charge in [0.05, 0.1) is 17.6 Å². The average Bonchev–Trinajstić information content (AvgIpc) is 3.31. The van der Waals surface area contributed by atoms with E-state index in [2.05, 4.69) is 15.3 Å². The number of aromatic nitrogens is 5. The number of halogens is 1. The second-order valence-corrected chi connectivity index (χ2v) is 6.84. The van der Waals surface area contributed by atoms with Crippen LogP contribution in [0.15, 0.2) is 72.3 Å². The molecular formula is C22H21FN6O. The zero-order chi connectivity index (χ0) is 21.1. The molecule has 4 rings (SSSR count). The number of rotatable bonds is 6. The predicted octanol–water partition coefficient (Wildman–Crippen LogP) is 3.87. The fourth-order valence-corrected chi connectivity index (χ4v) is 3.32. The summed E-state index contributed by atoms with van der Waals surface area (Å²) in [6, 6.07) is 9.45. The van der Waals surface area contributed by atoms with Gasteiger partial charge in [-0.2, -0.15) is 0 Å². The Kier molecular flexibility index (Phi) is 5.38. The molecule has 3 aromatic heterocycles. The molecule has 7 nitrogen and oxygen atoms in total. The van der Waals surface area contributed by atoms with Crippen molar-refractivity contribution in [2.75, 3.05) is 5.32 Å². The van der Waals surface area contributed by atoms with Gasteiger partial charge in [-0.05, 0) is 36.2 Å². The van der Waals surface area contributed by atoms with E-state index in [0.717, 1.165) is 12.0 Å². The highest BCUT2D eigenvalue weighted by Gasteiger charge is 2.20. The minimum absolute atomic E-state index is 0.118. The van der Waals surface area contributed by atoms with Crippen LogP contribution in [0.25, 0.3) is 22.4 Å². The van der Waals surface area contributed by atoms with Crippen molar-refractivity contribution in [1.82, 2.24) is 24.1 Å². The van der Waals surface area contributed by atoms with Gasteiger partial charge in [-0.3, -0.25) is 14.3 Å². The van der Waals surface area contributed by atoms with Gasteiger partial charge in [0.15, 0.2) is 0 Å². The molecule has 0 radical (unpaired) electrons. The molecule has 1 atom stereocenters. The van der Waals surface area contributed by atoms with Gasteiger partial charge in [0.25, 0.3) is 5.56 Å². The summed E-state index contributed by atoms with van der Waals surface area (Å²) in [5.74, 6) is 0.0663. The van der Waals surface area contributed by atoms with Crippen LogP contribution < -0.4 is 10.9 Å². The molecule has 1 N–H and O–H groups in total. The largest absolute Gasteiger partial charge is 0.335 e. The summed E-state index contributed by atoms with van der Waals surface area (Å²) in [4.78, 5) is 26.3. The first-order valence-electron chi connectivity index (χ1n) is 9.59. The minimum atomic E-state index is -0.363. The van der Waals surface area contributed by atoms with Crippen LogP contribution in [0.1, 0.15) is 19.5 Å². The van der Waals surface area contributed by atoms with Crippen molar-refractivity contribution in [3.05, 3.63) is 83.7 Å². The molecule has 1 aromatic carbocycles. The molecule has 4 aromatic rings. The SMILES string of the molecule is CCC(Nc1nc(-c2ccncc2)c(-c2ccc(F)cc2)c(=O)n1C)n1ccnc1. The molecule has 8 heteroatoms. The summed E-state index contributed by atoms with van der Waals surface area (Å²) in [6.45, 7) is 2.03. The number of pyridine rings is 1. The van der Waals surface area contributed by atoms with E-state index in [4.69, 9.17) is 4.98 Å². The molecule has 3 heterocycles. The van der Waals surface area contributed by atoms with E-state index in [1.54, 1.807) is 56.2 Å². The van der Waals surface area contributed by atoms with Gasteiger partial charge in [-0.25, -0.2) is 14.4 Å². The van der Waals surface area contributed by atoms with E-state index in [1.165, 1.54) is 16.7 Å². The highest BCUT2D eigenvalue weighted by atomic mass is 19.1.